The maximum absolute atomic E-state index is 5.77. The average Bonchev–Trinajstić information content (AvgIpc) is 2.82. The Bertz CT molecular complexity index is 566. The normalized spacial score (nSPS) is 12.6. The summed E-state index contributed by atoms with van der Waals surface area (Å²) in [7, 11) is 2.11. The zero-order chi connectivity index (χ0) is 14.5. The van der Waals surface area contributed by atoms with Crippen LogP contribution in [0.3, 0.4) is 0 Å². The zero-order valence-electron chi connectivity index (χ0n) is 11.7. The van der Waals surface area contributed by atoms with Gasteiger partial charge < -0.3 is 5.73 Å². The highest BCUT2D eigenvalue weighted by molar-refractivity contribution is 7.80. The minimum absolute atomic E-state index is 0.204. The third kappa shape index (κ3) is 3.85. The first-order chi connectivity index (χ1) is 9.58. The van der Waals surface area contributed by atoms with Crippen molar-refractivity contribution in [1.82, 2.24) is 9.88 Å². The summed E-state index contributed by atoms with van der Waals surface area (Å²) in [6, 6.07) is 10.6. The molecule has 0 bridgehead atoms. The molecule has 0 aliphatic heterocycles. The van der Waals surface area contributed by atoms with Crippen molar-refractivity contribution in [2.24, 2.45) is 5.73 Å². The molecule has 3 nitrogen and oxygen atoms in total. The second-order valence-corrected chi connectivity index (χ2v) is 6.34. The number of rotatable bonds is 6. The fraction of sp³-hybridized carbons (Fsp3) is 0.333. The molecule has 2 N–H and O–H groups in total. The molecule has 0 spiro atoms. The van der Waals surface area contributed by atoms with Gasteiger partial charge in [-0.3, -0.25) is 4.90 Å². The molecule has 0 amide bonds. The van der Waals surface area contributed by atoms with Crippen LogP contribution in [0.1, 0.15) is 28.6 Å². The van der Waals surface area contributed by atoms with Crippen LogP contribution in [0.15, 0.2) is 35.8 Å². The van der Waals surface area contributed by atoms with Gasteiger partial charge >= 0.3 is 0 Å². The Morgan fingerprint density at radius 3 is 2.65 bits per heavy atom. The van der Waals surface area contributed by atoms with Gasteiger partial charge in [0, 0.05) is 23.9 Å². The molecule has 1 unspecified atom stereocenters. The standard InChI is InChI=1S/C15H19N3S2/c1-11-14(20-10-17-11)9-18(2)13(8-15(16)19)12-6-4-3-5-7-12/h3-7,10,13H,8-9H2,1-2H3,(H2,16,19). The second-order valence-electron chi connectivity index (χ2n) is 4.87. The highest BCUT2D eigenvalue weighted by Gasteiger charge is 2.19. The third-order valence-electron chi connectivity index (χ3n) is 3.35. The third-order valence-corrected chi connectivity index (χ3v) is 4.44. The van der Waals surface area contributed by atoms with E-state index in [1.807, 2.05) is 30.6 Å². The number of nitrogens with two attached hydrogens (primary N) is 1. The van der Waals surface area contributed by atoms with Crippen LogP contribution in [0.4, 0.5) is 0 Å². The Morgan fingerprint density at radius 1 is 1.40 bits per heavy atom. The highest BCUT2D eigenvalue weighted by Crippen LogP contribution is 2.26. The van der Waals surface area contributed by atoms with Crippen molar-refractivity contribution in [3.63, 3.8) is 0 Å². The summed E-state index contributed by atoms with van der Waals surface area (Å²) >= 11 is 6.80. The molecule has 1 aromatic carbocycles. The smallest absolute Gasteiger partial charge is 0.0798 e. The molecule has 1 aromatic heterocycles. The predicted molar refractivity (Wildman–Crippen MR) is 88.9 cm³/mol. The molecule has 1 heterocycles. The van der Waals surface area contributed by atoms with Gasteiger partial charge in [0.1, 0.15) is 0 Å². The molecule has 2 aromatic rings. The molecule has 1 atom stereocenters. The first kappa shape index (κ1) is 15.1. The molecule has 0 aliphatic rings. The van der Waals surface area contributed by atoms with Crippen molar-refractivity contribution in [2.45, 2.75) is 25.9 Å². The van der Waals surface area contributed by atoms with Crippen LogP contribution in [0.25, 0.3) is 0 Å². The lowest BCUT2D eigenvalue weighted by Crippen LogP contribution is -2.28. The number of hydrogen-bond acceptors (Lipinski definition) is 4. The monoisotopic (exact) mass is 305 g/mol. The Kier molecular flexibility index (Phi) is 5.23. The van der Waals surface area contributed by atoms with Crippen molar-refractivity contribution in [3.8, 4) is 0 Å². The van der Waals surface area contributed by atoms with E-state index in [9.17, 15) is 0 Å². The SMILES string of the molecule is Cc1ncsc1CN(C)C(CC(N)=S)c1ccccc1. The van der Waals surface area contributed by atoms with E-state index in [1.165, 1.54) is 10.4 Å². The summed E-state index contributed by atoms with van der Waals surface area (Å²) in [5, 5.41) is 0. The van der Waals surface area contributed by atoms with Gasteiger partial charge in [-0.25, -0.2) is 4.98 Å². The first-order valence-corrected chi connectivity index (χ1v) is 7.79. The highest BCUT2D eigenvalue weighted by atomic mass is 32.1. The number of aryl methyl sites for hydroxylation is 1. The van der Waals surface area contributed by atoms with Gasteiger partial charge in [-0.2, -0.15) is 0 Å². The number of aromatic nitrogens is 1. The van der Waals surface area contributed by atoms with Gasteiger partial charge in [0.05, 0.1) is 16.2 Å². The van der Waals surface area contributed by atoms with Crippen LogP contribution in [-0.4, -0.2) is 21.9 Å². The van der Waals surface area contributed by atoms with Crippen LogP contribution in [0.5, 0.6) is 0 Å². The number of thiocarbonyl (C=S) groups is 1. The van der Waals surface area contributed by atoms with Gasteiger partial charge in [-0.15, -0.1) is 11.3 Å². The van der Waals surface area contributed by atoms with Gasteiger partial charge in [0.15, 0.2) is 0 Å². The zero-order valence-corrected chi connectivity index (χ0v) is 13.4. The summed E-state index contributed by atoms with van der Waals surface area (Å²) in [6.07, 6.45) is 0.688. The first-order valence-electron chi connectivity index (χ1n) is 6.50. The average molecular weight is 305 g/mol. The number of thiazole rings is 1. The van der Waals surface area contributed by atoms with E-state index in [-0.39, 0.29) is 6.04 Å². The molecule has 0 saturated heterocycles. The van der Waals surface area contributed by atoms with Crippen LogP contribution in [0, 0.1) is 6.92 Å². The fourth-order valence-corrected chi connectivity index (χ4v) is 3.21. The molecule has 106 valence electrons. The number of hydrogen-bond donors (Lipinski definition) is 1. The summed E-state index contributed by atoms with van der Waals surface area (Å²) in [5.74, 6) is 0. The lowest BCUT2D eigenvalue weighted by molar-refractivity contribution is 0.243. The van der Waals surface area contributed by atoms with Gasteiger partial charge in [0.2, 0.25) is 0 Å². The van der Waals surface area contributed by atoms with Crippen molar-refractivity contribution in [2.75, 3.05) is 7.05 Å². The predicted octanol–water partition coefficient (Wildman–Crippen LogP) is 3.30. The Labute approximate surface area is 129 Å². The molecular formula is C15H19N3S2. The largest absolute Gasteiger partial charge is 0.393 e. The van der Waals surface area contributed by atoms with Gasteiger partial charge in [-0.05, 0) is 19.5 Å². The van der Waals surface area contributed by atoms with E-state index in [4.69, 9.17) is 18.0 Å². The maximum Gasteiger partial charge on any atom is 0.0798 e. The topological polar surface area (TPSA) is 42.2 Å². The fourth-order valence-electron chi connectivity index (χ4n) is 2.21. The van der Waals surface area contributed by atoms with Crippen LogP contribution < -0.4 is 5.73 Å². The van der Waals surface area contributed by atoms with Crippen LogP contribution in [0.2, 0.25) is 0 Å². The quantitative estimate of drug-likeness (QED) is 0.832. The maximum atomic E-state index is 5.77. The summed E-state index contributed by atoms with van der Waals surface area (Å²) in [6.45, 7) is 2.91. The Hall–Kier alpha value is -1.30. The second kappa shape index (κ2) is 6.92. The van der Waals surface area contributed by atoms with Crippen molar-refractivity contribution < 1.29 is 0 Å². The van der Waals surface area contributed by atoms with E-state index < -0.39 is 0 Å². The van der Waals surface area contributed by atoms with E-state index in [0.29, 0.717) is 11.4 Å². The molecule has 0 aliphatic carbocycles. The molecule has 20 heavy (non-hydrogen) atoms. The molecule has 0 saturated carbocycles. The number of nitrogens with zero attached hydrogens (tertiary/aromatic N) is 2. The number of benzene rings is 1. The van der Waals surface area contributed by atoms with Gasteiger partial charge in [0.25, 0.3) is 0 Å². The summed E-state index contributed by atoms with van der Waals surface area (Å²) in [5.41, 5.74) is 10.0. The Morgan fingerprint density at radius 2 is 2.10 bits per heavy atom. The van der Waals surface area contributed by atoms with Crippen LogP contribution in [-0.2, 0) is 6.54 Å². The van der Waals surface area contributed by atoms with Crippen molar-refractivity contribution >= 4 is 28.5 Å². The minimum Gasteiger partial charge on any atom is -0.393 e. The van der Waals surface area contributed by atoms with E-state index in [2.05, 4.69) is 29.1 Å². The van der Waals surface area contributed by atoms with E-state index in [0.717, 1.165) is 12.2 Å². The minimum atomic E-state index is 0.204. The molecule has 0 radical (unpaired) electrons. The van der Waals surface area contributed by atoms with Gasteiger partial charge in [-0.1, -0.05) is 42.5 Å². The molecule has 5 heteroatoms. The van der Waals surface area contributed by atoms with E-state index >= 15 is 0 Å². The molecular weight excluding hydrogens is 286 g/mol. The Balaban J connectivity index is 2.18. The van der Waals surface area contributed by atoms with Crippen molar-refractivity contribution in [3.05, 3.63) is 52.0 Å². The summed E-state index contributed by atoms with van der Waals surface area (Å²) in [4.78, 5) is 8.43. The lowest BCUT2D eigenvalue weighted by Gasteiger charge is -2.28. The lowest BCUT2D eigenvalue weighted by atomic mass is 10.0. The van der Waals surface area contributed by atoms with E-state index in [1.54, 1.807) is 11.3 Å². The molecule has 2 rings (SSSR count). The van der Waals surface area contributed by atoms with Crippen molar-refractivity contribution in [1.29, 1.82) is 0 Å². The summed E-state index contributed by atoms with van der Waals surface area (Å²) < 4.78 is 0. The molecule has 0 fully saturated rings. The van der Waals surface area contributed by atoms with Crippen LogP contribution >= 0.6 is 23.6 Å².